The largest absolute Gasteiger partial charge is 0.455 e. The van der Waals surface area contributed by atoms with E-state index in [0.29, 0.717) is 17.0 Å². The SMILES string of the molecule is Cc1ccc(C)c(-n2nnnc2SCC(=O)OCC(=O)N2C[C@@H](C)C[C@H](C)C2)c1. The first-order valence-corrected chi connectivity index (χ1v) is 10.7. The van der Waals surface area contributed by atoms with E-state index in [4.69, 9.17) is 4.74 Å². The molecule has 3 rings (SSSR count). The number of benzene rings is 1. The molecular formula is C20H27N5O3S. The molecule has 1 saturated heterocycles. The summed E-state index contributed by atoms with van der Waals surface area (Å²) in [4.78, 5) is 26.3. The second kappa shape index (κ2) is 9.39. The van der Waals surface area contributed by atoms with Gasteiger partial charge in [-0.25, -0.2) is 0 Å². The Hall–Kier alpha value is -2.42. The molecule has 1 aromatic carbocycles. The van der Waals surface area contributed by atoms with Crippen LogP contribution < -0.4 is 0 Å². The fraction of sp³-hybridized carbons (Fsp3) is 0.550. The van der Waals surface area contributed by atoms with Crippen LogP contribution in [-0.4, -0.2) is 62.4 Å². The number of piperidine rings is 1. The minimum atomic E-state index is -0.461. The summed E-state index contributed by atoms with van der Waals surface area (Å²) in [5.41, 5.74) is 2.99. The minimum Gasteiger partial charge on any atom is -0.455 e. The zero-order valence-corrected chi connectivity index (χ0v) is 18.1. The first-order valence-electron chi connectivity index (χ1n) is 9.75. The molecule has 29 heavy (non-hydrogen) atoms. The van der Waals surface area contributed by atoms with Crippen molar-refractivity contribution in [2.24, 2.45) is 11.8 Å². The summed E-state index contributed by atoms with van der Waals surface area (Å²) >= 11 is 1.19. The lowest BCUT2D eigenvalue weighted by Crippen LogP contribution is -2.44. The van der Waals surface area contributed by atoms with Crippen molar-refractivity contribution in [2.45, 2.75) is 39.3 Å². The molecule has 0 radical (unpaired) electrons. The number of rotatable bonds is 6. The lowest BCUT2D eigenvalue weighted by molar-refractivity contribution is -0.151. The van der Waals surface area contributed by atoms with E-state index in [9.17, 15) is 9.59 Å². The number of carbonyl (C=O) groups excluding carboxylic acids is 2. The van der Waals surface area contributed by atoms with Crippen LogP contribution >= 0.6 is 11.8 Å². The summed E-state index contributed by atoms with van der Waals surface area (Å²) in [6, 6.07) is 6.02. The highest BCUT2D eigenvalue weighted by Gasteiger charge is 2.26. The van der Waals surface area contributed by atoms with E-state index in [1.165, 1.54) is 11.8 Å². The fourth-order valence-corrected chi connectivity index (χ4v) is 4.31. The topological polar surface area (TPSA) is 90.2 Å². The maximum absolute atomic E-state index is 12.3. The number of thioether (sulfide) groups is 1. The average molecular weight is 418 g/mol. The molecule has 8 nitrogen and oxygen atoms in total. The third-order valence-corrected chi connectivity index (χ3v) is 5.82. The van der Waals surface area contributed by atoms with Crippen molar-refractivity contribution in [2.75, 3.05) is 25.4 Å². The Labute approximate surface area is 175 Å². The minimum absolute atomic E-state index is 0.0331. The Kier molecular flexibility index (Phi) is 6.89. The van der Waals surface area contributed by atoms with E-state index in [0.717, 1.165) is 36.3 Å². The van der Waals surface area contributed by atoms with Crippen molar-refractivity contribution in [3.8, 4) is 5.69 Å². The molecule has 1 amide bonds. The summed E-state index contributed by atoms with van der Waals surface area (Å²) in [7, 11) is 0. The van der Waals surface area contributed by atoms with E-state index in [1.54, 1.807) is 9.58 Å². The Morgan fingerprint density at radius 2 is 1.93 bits per heavy atom. The number of tetrazole rings is 1. The number of carbonyl (C=O) groups is 2. The van der Waals surface area contributed by atoms with E-state index < -0.39 is 5.97 Å². The van der Waals surface area contributed by atoms with Gasteiger partial charge in [-0.1, -0.05) is 37.7 Å². The van der Waals surface area contributed by atoms with Gasteiger partial charge < -0.3 is 9.64 Å². The number of ether oxygens (including phenoxy) is 1. The monoisotopic (exact) mass is 417 g/mol. The molecule has 1 aliphatic heterocycles. The third-order valence-electron chi connectivity index (χ3n) is 4.93. The van der Waals surface area contributed by atoms with Crippen molar-refractivity contribution in [1.29, 1.82) is 0 Å². The van der Waals surface area contributed by atoms with Crippen molar-refractivity contribution in [1.82, 2.24) is 25.1 Å². The van der Waals surface area contributed by atoms with Gasteiger partial charge in [-0.15, -0.1) is 5.10 Å². The van der Waals surface area contributed by atoms with Gasteiger partial charge in [-0.2, -0.15) is 4.68 Å². The van der Waals surface area contributed by atoms with Crippen LogP contribution in [0.5, 0.6) is 0 Å². The molecule has 156 valence electrons. The summed E-state index contributed by atoms with van der Waals surface area (Å²) < 4.78 is 6.80. The van der Waals surface area contributed by atoms with Gasteiger partial charge in [0.1, 0.15) is 0 Å². The van der Waals surface area contributed by atoms with Crippen molar-refractivity contribution < 1.29 is 14.3 Å². The zero-order chi connectivity index (χ0) is 21.0. The first-order chi connectivity index (χ1) is 13.8. The highest BCUT2D eigenvalue weighted by atomic mass is 32.2. The number of hydrogen-bond acceptors (Lipinski definition) is 7. The van der Waals surface area contributed by atoms with Gasteiger partial charge in [-0.3, -0.25) is 9.59 Å². The standard InChI is InChI=1S/C20H27N5O3S/c1-13-5-6-16(4)17(8-13)25-20(21-22-23-25)29-12-19(27)28-11-18(26)24-9-14(2)7-15(3)10-24/h5-6,8,14-15H,7,9-12H2,1-4H3/t14-,15-/m0/s1. The fourth-order valence-electron chi connectivity index (χ4n) is 3.63. The smallest absolute Gasteiger partial charge is 0.316 e. The molecule has 2 heterocycles. The predicted octanol–water partition coefficient (Wildman–Crippen LogP) is 2.42. The van der Waals surface area contributed by atoms with Crippen molar-refractivity contribution >= 4 is 23.6 Å². The van der Waals surface area contributed by atoms with Crippen LogP contribution in [0.1, 0.15) is 31.4 Å². The molecule has 0 aliphatic carbocycles. The Bertz CT molecular complexity index is 875. The number of aromatic nitrogens is 4. The quantitative estimate of drug-likeness (QED) is 0.527. The summed E-state index contributed by atoms with van der Waals surface area (Å²) in [5.74, 6) is 0.375. The van der Waals surface area contributed by atoms with Gasteiger partial charge in [0.15, 0.2) is 6.61 Å². The Morgan fingerprint density at radius 3 is 2.66 bits per heavy atom. The van der Waals surface area contributed by atoms with E-state index in [2.05, 4.69) is 29.4 Å². The molecule has 1 aromatic heterocycles. The Balaban J connectivity index is 1.52. The predicted molar refractivity (Wildman–Crippen MR) is 110 cm³/mol. The van der Waals surface area contributed by atoms with Gasteiger partial charge >= 0.3 is 5.97 Å². The molecule has 0 N–H and O–H groups in total. The van der Waals surface area contributed by atoms with Gasteiger partial charge in [0.2, 0.25) is 5.16 Å². The summed E-state index contributed by atoms with van der Waals surface area (Å²) in [5, 5.41) is 12.3. The average Bonchev–Trinajstić information content (AvgIpc) is 3.14. The normalized spacial score (nSPS) is 19.2. The molecule has 2 atom stereocenters. The molecule has 1 fully saturated rings. The van der Waals surface area contributed by atoms with Crippen LogP contribution in [0, 0.1) is 25.7 Å². The molecule has 0 saturated carbocycles. The third kappa shape index (κ3) is 5.56. The highest BCUT2D eigenvalue weighted by molar-refractivity contribution is 7.99. The van der Waals surface area contributed by atoms with Crippen molar-refractivity contribution in [3.05, 3.63) is 29.3 Å². The van der Waals surface area contributed by atoms with Gasteiger partial charge in [0.05, 0.1) is 11.4 Å². The lowest BCUT2D eigenvalue weighted by Gasteiger charge is -2.34. The molecular weight excluding hydrogens is 390 g/mol. The van der Waals surface area contributed by atoms with Crippen LogP contribution in [0.25, 0.3) is 5.69 Å². The zero-order valence-electron chi connectivity index (χ0n) is 17.3. The molecule has 9 heteroatoms. The molecule has 0 unspecified atom stereocenters. The number of hydrogen-bond donors (Lipinski definition) is 0. The number of aryl methyl sites for hydroxylation is 2. The van der Waals surface area contributed by atoms with Gasteiger partial charge in [-0.05, 0) is 59.7 Å². The Morgan fingerprint density at radius 1 is 1.21 bits per heavy atom. The summed E-state index contributed by atoms with van der Waals surface area (Å²) in [6.07, 6.45) is 1.12. The van der Waals surface area contributed by atoms with Crippen LogP contribution in [0.15, 0.2) is 23.4 Å². The lowest BCUT2D eigenvalue weighted by atomic mass is 9.92. The van der Waals surface area contributed by atoms with Crippen LogP contribution in [0.4, 0.5) is 0 Å². The molecule has 0 bridgehead atoms. The van der Waals surface area contributed by atoms with Crippen molar-refractivity contribution in [3.63, 3.8) is 0 Å². The van der Waals surface area contributed by atoms with Crippen LogP contribution in [0.3, 0.4) is 0 Å². The van der Waals surface area contributed by atoms with Gasteiger partial charge in [0.25, 0.3) is 5.91 Å². The molecule has 2 aromatic rings. The van der Waals surface area contributed by atoms with E-state index >= 15 is 0 Å². The first kappa shape index (κ1) is 21.3. The highest BCUT2D eigenvalue weighted by Crippen LogP contribution is 2.22. The second-order valence-corrected chi connectivity index (χ2v) is 8.80. The number of amides is 1. The van der Waals surface area contributed by atoms with E-state index in [1.807, 2.05) is 32.0 Å². The second-order valence-electron chi connectivity index (χ2n) is 7.86. The summed E-state index contributed by atoms with van der Waals surface area (Å²) in [6.45, 7) is 9.48. The number of likely N-dealkylation sites (tertiary alicyclic amines) is 1. The van der Waals surface area contributed by atoms with Crippen LogP contribution in [-0.2, 0) is 14.3 Å². The van der Waals surface area contributed by atoms with E-state index in [-0.39, 0.29) is 18.3 Å². The number of esters is 1. The molecule has 0 spiro atoms. The number of nitrogens with zero attached hydrogens (tertiary/aromatic N) is 5. The maximum Gasteiger partial charge on any atom is 0.316 e. The maximum atomic E-state index is 12.3. The van der Waals surface area contributed by atoms with Gasteiger partial charge in [0, 0.05) is 13.1 Å². The molecule has 1 aliphatic rings. The van der Waals surface area contributed by atoms with Crippen LogP contribution in [0.2, 0.25) is 0 Å².